The molecule has 0 aromatic carbocycles. The molecule has 0 fully saturated rings. The largest absolute Gasteiger partial charge is 0.255 e. The molecule has 0 aliphatic carbocycles. The predicted octanol–water partition coefficient (Wildman–Crippen LogP) is 2.70. The normalized spacial score (nSPS) is 11.4. The van der Waals surface area contributed by atoms with Crippen LogP contribution in [0.3, 0.4) is 0 Å². The summed E-state index contributed by atoms with van der Waals surface area (Å²) in [4.78, 5) is 17.3. The summed E-state index contributed by atoms with van der Waals surface area (Å²) in [5.74, 6) is 0.00438. The fraction of sp³-hybridized carbons (Fsp3) is 0.176. The van der Waals surface area contributed by atoms with E-state index in [1.807, 2.05) is 19.1 Å². The van der Waals surface area contributed by atoms with Crippen LogP contribution >= 0.6 is 0 Å². The molecule has 0 atom stereocenters. The van der Waals surface area contributed by atoms with Crippen LogP contribution in [0.5, 0.6) is 0 Å². The highest BCUT2D eigenvalue weighted by Crippen LogP contribution is 2.24. The van der Waals surface area contributed by atoms with Gasteiger partial charge in [0.15, 0.2) is 9.84 Å². The standard InChI is InChI=1S/C17H16N4O2S/c1-3-24(22,23)16-5-4-7-19-17(16)15-11-20-14(10-21-15)13-9-12(2)6-8-18-13/h4-11H,3H2,1-2H3. The molecule has 0 radical (unpaired) electrons. The molecular weight excluding hydrogens is 324 g/mol. The third-order valence-electron chi connectivity index (χ3n) is 3.56. The highest BCUT2D eigenvalue weighted by atomic mass is 32.2. The maximum Gasteiger partial charge on any atom is 0.180 e. The molecule has 24 heavy (non-hydrogen) atoms. The molecule has 0 unspecified atom stereocenters. The van der Waals surface area contributed by atoms with Crippen LogP contribution < -0.4 is 0 Å². The third-order valence-corrected chi connectivity index (χ3v) is 5.32. The molecule has 0 amide bonds. The molecule has 3 heterocycles. The smallest absolute Gasteiger partial charge is 0.180 e. The second-order valence-corrected chi connectivity index (χ2v) is 7.51. The van der Waals surface area contributed by atoms with Gasteiger partial charge in [0, 0.05) is 12.4 Å². The molecule has 7 heteroatoms. The number of hydrogen-bond acceptors (Lipinski definition) is 6. The van der Waals surface area contributed by atoms with Crippen molar-refractivity contribution in [2.75, 3.05) is 5.75 Å². The molecular formula is C17H16N4O2S. The van der Waals surface area contributed by atoms with E-state index in [4.69, 9.17) is 0 Å². The molecule has 3 rings (SSSR count). The summed E-state index contributed by atoms with van der Waals surface area (Å²) in [6.07, 6.45) is 6.36. The lowest BCUT2D eigenvalue weighted by atomic mass is 10.2. The van der Waals surface area contributed by atoms with Crippen molar-refractivity contribution >= 4 is 9.84 Å². The first kappa shape index (κ1) is 16.2. The van der Waals surface area contributed by atoms with Crippen molar-refractivity contribution in [3.8, 4) is 22.8 Å². The number of aryl methyl sites for hydroxylation is 1. The Morgan fingerprint density at radius 1 is 0.917 bits per heavy atom. The predicted molar refractivity (Wildman–Crippen MR) is 91.0 cm³/mol. The molecule has 0 aliphatic heterocycles. The topological polar surface area (TPSA) is 85.7 Å². The van der Waals surface area contributed by atoms with Crippen LogP contribution in [-0.4, -0.2) is 34.1 Å². The van der Waals surface area contributed by atoms with Gasteiger partial charge in [-0.25, -0.2) is 8.42 Å². The van der Waals surface area contributed by atoms with Crippen molar-refractivity contribution < 1.29 is 8.42 Å². The zero-order valence-corrected chi connectivity index (χ0v) is 14.2. The second kappa shape index (κ2) is 6.45. The SMILES string of the molecule is CCS(=O)(=O)c1cccnc1-c1cnc(-c2cc(C)ccn2)cn1. The van der Waals surface area contributed by atoms with Crippen molar-refractivity contribution in [1.82, 2.24) is 19.9 Å². The summed E-state index contributed by atoms with van der Waals surface area (Å²) >= 11 is 0. The minimum Gasteiger partial charge on any atom is -0.255 e. The van der Waals surface area contributed by atoms with Gasteiger partial charge in [-0.1, -0.05) is 6.92 Å². The van der Waals surface area contributed by atoms with Crippen LogP contribution in [0.25, 0.3) is 22.8 Å². The fourth-order valence-corrected chi connectivity index (χ4v) is 3.30. The van der Waals surface area contributed by atoms with E-state index < -0.39 is 9.84 Å². The van der Waals surface area contributed by atoms with Gasteiger partial charge in [0.05, 0.1) is 28.7 Å². The lowest BCUT2D eigenvalue weighted by Gasteiger charge is -2.08. The first-order valence-electron chi connectivity index (χ1n) is 7.44. The monoisotopic (exact) mass is 340 g/mol. The average molecular weight is 340 g/mol. The Kier molecular flexibility index (Phi) is 4.35. The van der Waals surface area contributed by atoms with Gasteiger partial charge in [-0.3, -0.25) is 19.9 Å². The van der Waals surface area contributed by atoms with E-state index in [0.717, 1.165) is 11.3 Å². The number of sulfone groups is 1. The van der Waals surface area contributed by atoms with E-state index >= 15 is 0 Å². The molecule has 3 aromatic rings. The minimum atomic E-state index is -3.39. The fourth-order valence-electron chi connectivity index (χ4n) is 2.25. The Bertz CT molecular complexity index is 970. The Hall–Kier alpha value is -2.67. The summed E-state index contributed by atoms with van der Waals surface area (Å²) < 4.78 is 24.4. The Morgan fingerprint density at radius 3 is 2.33 bits per heavy atom. The van der Waals surface area contributed by atoms with E-state index in [0.29, 0.717) is 17.1 Å². The average Bonchev–Trinajstić information content (AvgIpc) is 2.62. The molecule has 0 saturated heterocycles. The number of rotatable bonds is 4. The van der Waals surface area contributed by atoms with Crippen LogP contribution in [0, 0.1) is 6.92 Å². The summed E-state index contributed by atoms with van der Waals surface area (Å²) in [6.45, 7) is 3.58. The van der Waals surface area contributed by atoms with Gasteiger partial charge in [-0.2, -0.15) is 0 Å². The summed E-state index contributed by atoms with van der Waals surface area (Å²) in [7, 11) is -3.39. The van der Waals surface area contributed by atoms with Crippen molar-refractivity contribution in [3.63, 3.8) is 0 Å². The van der Waals surface area contributed by atoms with E-state index in [-0.39, 0.29) is 10.6 Å². The first-order valence-corrected chi connectivity index (χ1v) is 9.09. The quantitative estimate of drug-likeness (QED) is 0.726. The lowest BCUT2D eigenvalue weighted by Crippen LogP contribution is -2.07. The van der Waals surface area contributed by atoms with Gasteiger partial charge in [0.25, 0.3) is 0 Å². The minimum absolute atomic E-state index is 0.00438. The third kappa shape index (κ3) is 3.16. The molecule has 0 aliphatic rings. The molecule has 6 nitrogen and oxygen atoms in total. The van der Waals surface area contributed by atoms with E-state index in [1.165, 1.54) is 6.20 Å². The van der Waals surface area contributed by atoms with Crippen LogP contribution in [0.4, 0.5) is 0 Å². The Labute approximate surface area is 140 Å². The van der Waals surface area contributed by atoms with Gasteiger partial charge >= 0.3 is 0 Å². The van der Waals surface area contributed by atoms with Crippen LogP contribution in [0.15, 0.2) is 53.9 Å². The number of nitrogens with zero attached hydrogens (tertiary/aromatic N) is 4. The Balaban J connectivity index is 2.04. The molecule has 0 saturated carbocycles. The van der Waals surface area contributed by atoms with Crippen LogP contribution in [-0.2, 0) is 9.84 Å². The van der Waals surface area contributed by atoms with E-state index in [9.17, 15) is 8.42 Å². The zero-order valence-electron chi connectivity index (χ0n) is 13.3. The Morgan fingerprint density at radius 2 is 1.67 bits per heavy atom. The number of pyridine rings is 2. The maximum atomic E-state index is 12.2. The number of hydrogen-bond donors (Lipinski definition) is 0. The highest BCUT2D eigenvalue weighted by molar-refractivity contribution is 7.91. The molecule has 0 spiro atoms. The zero-order chi connectivity index (χ0) is 17.2. The molecule has 122 valence electrons. The van der Waals surface area contributed by atoms with Gasteiger partial charge in [-0.15, -0.1) is 0 Å². The van der Waals surface area contributed by atoms with E-state index in [1.54, 1.807) is 37.6 Å². The van der Waals surface area contributed by atoms with Crippen LogP contribution in [0.2, 0.25) is 0 Å². The van der Waals surface area contributed by atoms with Gasteiger partial charge in [0.2, 0.25) is 0 Å². The lowest BCUT2D eigenvalue weighted by molar-refractivity contribution is 0.597. The van der Waals surface area contributed by atoms with Gasteiger partial charge in [0.1, 0.15) is 17.1 Å². The van der Waals surface area contributed by atoms with Crippen molar-refractivity contribution in [3.05, 3.63) is 54.6 Å². The molecule has 0 N–H and O–H groups in total. The van der Waals surface area contributed by atoms with Crippen LogP contribution in [0.1, 0.15) is 12.5 Å². The summed E-state index contributed by atoms with van der Waals surface area (Å²) in [5.41, 5.74) is 3.15. The van der Waals surface area contributed by atoms with Crippen molar-refractivity contribution in [2.24, 2.45) is 0 Å². The summed E-state index contributed by atoms with van der Waals surface area (Å²) in [6, 6.07) is 6.96. The molecule has 0 bridgehead atoms. The maximum absolute atomic E-state index is 12.2. The van der Waals surface area contributed by atoms with Crippen molar-refractivity contribution in [1.29, 1.82) is 0 Å². The van der Waals surface area contributed by atoms with Crippen molar-refractivity contribution in [2.45, 2.75) is 18.7 Å². The van der Waals surface area contributed by atoms with Gasteiger partial charge < -0.3 is 0 Å². The first-order chi connectivity index (χ1) is 11.5. The highest BCUT2D eigenvalue weighted by Gasteiger charge is 2.19. The second-order valence-electron chi connectivity index (χ2n) is 5.26. The molecule has 3 aromatic heterocycles. The van der Waals surface area contributed by atoms with Gasteiger partial charge in [-0.05, 0) is 36.8 Å². The summed E-state index contributed by atoms with van der Waals surface area (Å²) in [5, 5.41) is 0. The number of aromatic nitrogens is 4. The van der Waals surface area contributed by atoms with E-state index in [2.05, 4.69) is 19.9 Å².